The van der Waals surface area contributed by atoms with Crippen LogP contribution >= 0.6 is 23.2 Å². The van der Waals surface area contributed by atoms with Crippen LogP contribution in [0.15, 0.2) is 35.4 Å². The summed E-state index contributed by atoms with van der Waals surface area (Å²) in [6.45, 7) is 6.55. The Balaban J connectivity index is 0. The van der Waals surface area contributed by atoms with Crippen LogP contribution in [-0.2, 0) is 9.53 Å². The zero-order chi connectivity index (χ0) is 12.3. The number of carbonyl (C=O) groups excluding carboxylic acids is 1. The van der Waals surface area contributed by atoms with Crippen LogP contribution in [0.2, 0.25) is 0 Å². The summed E-state index contributed by atoms with van der Waals surface area (Å²) in [5, 5.41) is 8.09. The van der Waals surface area contributed by atoms with Gasteiger partial charge in [-0.05, 0) is 6.42 Å². The van der Waals surface area contributed by atoms with Crippen molar-refractivity contribution in [2.75, 3.05) is 7.11 Å². The van der Waals surface area contributed by atoms with Gasteiger partial charge in [0.1, 0.15) is 0 Å². The topological polar surface area (TPSA) is 50.1 Å². The molecule has 5 heteroatoms. The first-order chi connectivity index (χ1) is 6.95. The van der Waals surface area contributed by atoms with Gasteiger partial charge < -0.3 is 4.74 Å². The lowest BCUT2D eigenvalue weighted by Gasteiger charge is -1.97. The fourth-order valence-electron chi connectivity index (χ4n) is 0.482. The minimum atomic E-state index is -0.437. The van der Waals surface area contributed by atoms with Crippen LogP contribution in [0, 0.1) is 11.3 Å². The third-order valence-electron chi connectivity index (χ3n) is 1.03. The molecule has 0 saturated carbocycles. The highest BCUT2D eigenvalue weighted by Crippen LogP contribution is 2.00. The fraction of sp³-hybridized carbons (Fsp3) is 0.200. The fourth-order valence-corrected chi connectivity index (χ4v) is 0.482. The van der Waals surface area contributed by atoms with Gasteiger partial charge in [-0.25, -0.2) is 4.79 Å². The summed E-state index contributed by atoms with van der Waals surface area (Å²) in [6, 6.07) is 1.81. The number of hydrogen-bond donors (Lipinski definition) is 0. The Kier molecular flexibility index (Phi) is 11.7. The van der Waals surface area contributed by atoms with Crippen LogP contribution in [0.3, 0.4) is 0 Å². The molecule has 0 atom stereocenters. The Labute approximate surface area is 99.2 Å². The third-order valence-corrected chi connectivity index (χ3v) is 1.03. The van der Waals surface area contributed by atoms with Gasteiger partial charge in [0.2, 0.25) is 0 Å². The second kappa shape index (κ2) is 10.8. The Bertz CT molecular complexity index is 299. The summed E-state index contributed by atoms with van der Waals surface area (Å²) in [5.74, 6) is -0.437. The second-order valence-electron chi connectivity index (χ2n) is 2.17. The Hall–Kier alpha value is -1.24. The van der Waals surface area contributed by atoms with E-state index < -0.39 is 5.97 Å². The number of halogens is 2. The van der Waals surface area contributed by atoms with Crippen molar-refractivity contribution in [3.8, 4) is 6.07 Å². The van der Waals surface area contributed by atoms with Gasteiger partial charge >= 0.3 is 5.97 Å². The van der Waals surface area contributed by atoms with E-state index in [1.165, 1.54) is 13.2 Å². The Morgan fingerprint density at radius 1 is 1.53 bits per heavy atom. The lowest BCUT2D eigenvalue weighted by atomic mass is 10.2. The number of allylic oxidation sites excluding steroid dienone is 2. The van der Waals surface area contributed by atoms with Gasteiger partial charge in [-0.1, -0.05) is 42.4 Å². The maximum atomic E-state index is 10.7. The highest BCUT2D eigenvalue weighted by atomic mass is 35.5. The first-order valence-corrected chi connectivity index (χ1v) is 4.51. The zero-order valence-electron chi connectivity index (χ0n) is 8.30. The molecule has 0 N–H and O–H groups in total. The van der Waals surface area contributed by atoms with E-state index in [9.17, 15) is 4.79 Å². The quantitative estimate of drug-likeness (QED) is 0.438. The van der Waals surface area contributed by atoms with Gasteiger partial charge in [0.25, 0.3) is 0 Å². The lowest BCUT2D eigenvalue weighted by molar-refractivity contribution is -0.136. The van der Waals surface area contributed by atoms with Gasteiger partial charge in [-0.3, -0.25) is 0 Å². The number of nitrogens with zero attached hydrogens (tertiary/aromatic N) is 1. The number of carbonyl (C=O) groups is 1. The maximum Gasteiger partial charge on any atom is 0.333 e. The first kappa shape index (κ1) is 16.2. The summed E-state index contributed by atoms with van der Waals surface area (Å²) >= 11 is 9.69. The van der Waals surface area contributed by atoms with Crippen molar-refractivity contribution in [1.29, 1.82) is 5.26 Å². The van der Waals surface area contributed by atoms with Gasteiger partial charge in [0, 0.05) is 11.6 Å². The highest BCUT2D eigenvalue weighted by molar-refractivity contribution is 6.55. The molecule has 0 aromatic rings. The summed E-state index contributed by atoms with van der Waals surface area (Å²) in [5.41, 5.74) is 0.346. The molecule has 0 aliphatic rings. The number of methoxy groups -OCH3 is 1. The smallest absolute Gasteiger partial charge is 0.333 e. The molecule has 0 saturated heterocycles. The van der Waals surface area contributed by atoms with E-state index in [4.69, 9.17) is 28.5 Å². The monoisotopic (exact) mass is 247 g/mol. The summed E-state index contributed by atoms with van der Waals surface area (Å²) in [7, 11) is 1.29. The standard InChI is InChI=1S/C8H9NO2.C2H2Cl2/c1-7(8(10)11-2)5-3-4-6-9;1-2(3)4/h3-4H,1,5H2,2H3;1H2. The molecule has 0 aromatic heterocycles. The van der Waals surface area contributed by atoms with E-state index in [2.05, 4.69) is 17.9 Å². The van der Waals surface area contributed by atoms with Crippen molar-refractivity contribution in [3.63, 3.8) is 0 Å². The lowest BCUT2D eigenvalue weighted by Crippen LogP contribution is -2.02. The molecular formula is C10H11Cl2NO2. The van der Waals surface area contributed by atoms with Gasteiger partial charge in [-0.15, -0.1) is 0 Å². The van der Waals surface area contributed by atoms with Crippen LogP contribution in [0.5, 0.6) is 0 Å². The minimum Gasteiger partial charge on any atom is -0.466 e. The molecule has 0 radical (unpaired) electrons. The predicted molar refractivity (Wildman–Crippen MR) is 61.4 cm³/mol. The summed E-state index contributed by atoms with van der Waals surface area (Å²) in [6.07, 6.45) is 3.22. The van der Waals surface area contributed by atoms with Gasteiger partial charge in [-0.2, -0.15) is 5.26 Å². The normalized spacial score (nSPS) is 8.40. The maximum absolute atomic E-state index is 10.7. The molecule has 15 heavy (non-hydrogen) atoms. The molecule has 0 spiro atoms. The van der Waals surface area contributed by atoms with E-state index >= 15 is 0 Å². The second-order valence-corrected chi connectivity index (χ2v) is 3.28. The number of nitriles is 1. The van der Waals surface area contributed by atoms with Crippen molar-refractivity contribution in [2.24, 2.45) is 0 Å². The van der Waals surface area contributed by atoms with Crippen LogP contribution in [0.4, 0.5) is 0 Å². The molecule has 0 aromatic carbocycles. The van der Waals surface area contributed by atoms with E-state index in [1.54, 1.807) is 12.1 Å². The van der Waals surface area contributed by atoms with E-state index in [0.717, 1.165) is 0 Å². The Morgan fingerprint density at radius 2 is 2.00 bits per heavy atom. The van der Waals surface area contributed by atoms with Crippen LogP contribution in [0.25, 0.3) is 0 Å². The van der Waals surface area contributed by atoms with Crippen molar-refractivity contribution >= 4 is 29.2 Å². The van der Waals surface area contributed by atoms with E-state index in [1.807, 2.05) is 0 Å². The van der Waals surface area contributed by atoms with Crippen molar-refractivity contribution in [3.05, 3.63) is 35.4 Å². The van der Waals surface area contributed by atoms with Crippen molar-refractivity contribution in [1.82, 2.24) is 0 Å². The van der Waals surface area contributed by atoms with E-state index in [0.29, 0.717) is 12.0 Å². The highest BCUT2D eigenvalue weighted by Gasteiger charge is 2.02. The van der Waals surface area contributed by atoms with Gasteiger partial charge in [0.15, 0.2) is 0 Å². The number of esters is 1. The summed E-state index contributed by atoms with van der Waals surface area (Å²) < 4.78 is 4.50. The van der Waals surface area contributed by atoms with Crippen molar-refractivity contribution in [2.45, 2.75) is 6.42 Å². The molecular weight excluding hydrogens is 237 g/mol. The predicted octanol–water partition coefficient (Wildman–Crippen LogP) is 3.12. The number of hydrogen-bond acceptors (Lipinski definition) is 3. The summed E-state index contributed by atoms with van der Waals surface area (Å²) in [4.78, 5) is 10.7. The molecule has 0 bridgehead atoms. The first-order valence-electron chi connectivity index (χ1n) is 3.76. The number of ether oxygens (including phenoxy) is 1. The molecule has 82 valence electrons. The number of rotatable bonds is 3. The minimum absolute atomic E-state index is 0.111. The average Bonchev–Trinajstić information content (AvgIpc) is 2.16. The molecule has 0 fully saturated rings. The SMILES string of the molecule is C=C(CC=CC#N)C(=O)OC.C=C(Cl)Cl. The average molecular weight is 248 g/mol. The molecule has 0 aliphatic carbocycles. The molecule has 3 nitrogen and oxygen atoms in total. The van der Waals surface area contributed by atoms with Crippen LogP contribution < -0.4 is 0 Å². The zero-order valence-corrected chi connectivity index (χ0v) is 9.81. The molecule has 0 rings (SSSR count). The molecule has 0 aliphatic heterocycles. The van der Waals surface area contributed by atoms with Gasteiger partial charge in [0.05, 0.1) is 17.7 Å². The largest absolute Gasteiger partial charge is 0.466 e. The molecule has 0 heterocycles. The van der Waals surface area contributed by atoms with Crippen molar-refractivity contribution < 1.29 is 9.53 Å². The third kappa shape index (κ3) is 15.5. The van der Waals surface area contributed by atoms with Crippen LogP contribution in [0.1, 0.15) is 6.42 Å². The van der Waals surface area contributed by atoms with E-state index in [-0.39, 0.29) is 4.49 Å². The molecule has 0 unspecified atom stereocenters. The van der Waals surface area contributed by atoms with Crippen LogP contribution in [-0.4, -0.2) is 13.1 Å². The molecule has 0 amide bonds. The Morgan fingerprint density at radius 3 is 2.33 bits per heavy atom.